The van der Waals surface area contributed by atoms with E-state index in [1.807, 2.05) is 11.3 Å². The van der Waals surface area contributed by atoms with E-state index in [-0.39, 0.29) is 0 Å². The van der Waals surface area contributed by atoms with Crippen LogP contribution in [0.1, 0.15) is 29.7 Å². The van der Waals surface area contributed by atoms with Crippen LogP contribution in [0, 0.1) is 0 Å². The Bertz CT molecular complexity index is 374. The lowest BCUT2D eigenvalue weighted by Gasteiger charge is -2.38. The van der Waals surface area contributed by atoms with Crippen LogP contribution in [0.3, 0.4) is 0 Å². The van der Waals surface area contributed by atoms with Gasteiger partial charge in [0.15, 0.2) is 0 Å². The number of nitrogens with one attached hydrogen (secondary N) is 1. The molecule has 0 radical (unpaired) electrons. The summed E-state index contributed by atoms with van der Waals surface area (Å²) >= 11 is 1.95. The third-order valence-corrected chi connectivity index (χ3v) is 5.12. The summed E-state index contributed by atoms with van der Waals surface area (Å²) in [6.45, 7) is 3.64. The molecule has 1 saturated heterocycles. The Hall–Kier alpha value is -0.380. The number of hydrogen-bond donors (Lipinski definition) is 1. The average Bonchev–Trinajstić information content (AvgIpc) is 2.69. The van der Waals surface area contributed by atoms with Crippen molar-refractivity contribution in [1.29, 1.82) is 0 Å². The van der Waals surface area contributed by atoms with Gasteiger partial charge in [-0.1, -0.05) is 0 Å². The first-order valence-corrected chi connectivity index (χ1v) is 7.19. The normalized spacial score (nSPS) is 31.3. The molecule has 0 saturated carbocycles. The van der Waals surface area contributed by atoms with E-state index in [1.54, 1.807) is 10.4 Å². The molecule has 0 bridgehead atoms. The van der Waals surface area contributed by atoms with E-state index < -0.39 is 0 Å². The highest BCUT2D eigenvalue weighted by molar-refractivity contribution is 7.10. The summed E-state index contributed by atoms with van der Waals surface area (Å²) in [5, 5.41) is 6.09. The van der Waals surface area contributed by atoms with E-state index in [9.17, 15) is 0 Å². The van der Waals surface area contributed by atoms with Crippen molar-refractivity contribution in [2.45, 2.75) is 31.2 Å². The van der Waals surface area contributed by atoms with Crippen molar-refractivity contribution >= 4 is 11.3 Å². The van der Waals surface area contributed by atoms with Gasteiger partial charge in [-0.3, -0.25) is 0 Å². The zero-order chi connectivity index (χ0) is 11.0. The second-order valence-electron chi connectivity index (χ2n) is 5.17. The van der Waals surface area contributed by atoms with Gasteiger partial charge in [0.1, 0.15) is 0 Å². The SMILES string of the molecule is CN1CCCC2(CC1)NCCc1sccc12. The van der Waals surface area contributed by atoms with E-state index in [1.165, 1.54) is 38.8 Å². The first-order chi connectivity index (χ1) is 7.80. The molecule has 0 aliphatic carbocycles. The van der Waals surface area contributed by atoms with Crippen molar-refractivity contribution in [3.63, 3.8) is 0 Å². The van der Waals surface area contributed by atoms with Crippen LogP contribution < -0.4 is 5.32 Å². The number of rotatable bonds is 0. The molecule has 1 fully saturated rings. The molecule has 3 heterocycles. The maximum Gasteiger partial charge on any atom is 0.0458 e. The molecule has 2 nitrogen and oxygen atoms in total. The van der Waals surface area contributed by atoms with Crippen molar-refractivity contribution < 1.29 is 0 Å². The highest BCUT2D eigenvalue weighted by Crippen LogP contribution is 2.39. The predicted octanol–water partition coefficient (Wildman–Crippen LogP) is 2.20. The zero-order valence-corrected chi connectivity index (χ0v) is 10.8. The van der Waals surface area contributed by atoms with E-state index >= 15 is 0 Å². The van der Waals surface area contributed by atoms with Crippen LogP contribution in [0.25, 0.3) is 0 Å². The van der Waals surface area contributed by atoms with Crippen molar-refractivity contribution in [2.75, 3.05) is 26.7 Å². The lowest BCUT2D eigenvalue weighted by Crippen LogP contribution is -2.47. The third kappa shape index (κ3) is 1.71. The second-order valence-corrected chi connectivity index (χ2v) is 6.17. The van der Waals surface area contributed by atoms with Gasteiger partial charge in [-0.05, 0) is 62.8 Å². The molecule has 0 amide bonds. The monoisotopic (exact) mass is 236 g/mol. The van der Waals surface area contributed by atoms with Gasteiger partial charge < -0.3 is 10.2 Å². The van der Waals surface area contributed by atoms with E-state index in [0.29, 0.717) is 5.54 Å². The van der Waals surface area contributed by atoms with Crippen LogP contribution in [0.5, 0.6) is 0 Å². The quantitative estimate of drug-likeness (QED) is 0.743. The molecule has 2 aliphatic heterocycles. The number of fused-ring (bicyclic) bond motifs is 2. The van der Waals surface area contributed by atoms with E-state index in [2.05, 4.69) is 28.7 Å². The molecule has 1 spiro atoms. The first-order valence-electron chi connectivity index (χ1n) is 6.31. The smallest absolute Gasteiger partial charge is 0.0458 e. The fourth-order valence-corrected chi connectivity index (χ4v) is 4.17. The molecular weight excluding hydrogens is 216 g/mol. The van der Waals surface area contributed by atoms with Crippen LogP contribution in [-0.2, 0) is 12.0 Å². The second kappa shape index (κ2) is 4.13. The molecular formula is C13H20N2S. The predicted molar refractivity (Wildman–Crippen MR) is 69.1 cm³/mol. The number of nitrogens with zero attached hydrogens (tertiary/aromatic N) is 1. The molecule has 1 unspecified atom stereocenters. The maximum absolute atomic E-state index is 3.82. The largest absolute Gasteiger partial charge is 0.307 e. The molecule has 1 aromatic heterocycles. The lowest BCUT2D eigenvalue weighted by atomic mass is 9.80. The van der Waals surface area contributed by atoms with Crippen molar-refractivity contribution in [3.05, 3.63) is 21.9 Å². The highest BCUT2D eigenvalue weighted by atomic mass is 32.1. The molecule has 2 aliphatic rings. The van der Waals surface area contributed by atoms with Crippen LogP contribution in [0.4, 0.5) is 0 Å². The summed E-state index contributed by atoms with van der Waals surface area (Å²) in [5.41, 5.74) is 1.91. The summed E-state index contributed by atoms with van der Waals surface area (Å²) in [6.07, 6.45) is 5.12. The summed E-state index contributed by atoms with van der Waals surface area (Å²) in [5.74, 6) is 0. The van der Waals surface area contributed by atoms with Crippen LogP contribution in [0.2, 0.25) is 0 Å². The summed E-state index contributed by atoms with van der Waals surface area (Å²) < 4.78 is 0. The Morgan fingerprint density at radius 3 is 3.25 bits per heavy atom. The molecule has 1 aromatic rings. The van der Waals surface area contributed by atoms with Gasteiger partial charge in [0.25, 0.3) is 0 Å². The fraction of sp³-hybridized carbons (Fsp3) is 0.692. The lowest BCUT2D eigenvalue weighted by molar-refractivity contribution is 0.270. The highest BCUT2D eigenvalue weighted by Gasteiger charge is 2.37. The van der Waals surface area contributed by atoms with Gasteiger partial charge in [-0.15, -0.1) is 11.3 Å². The van der Waals surface area contributed by atoms with Gasteiger partial charge >= 0.3 is 0 Å². The molecule has 1 N–H and O–H groups in total. The topological polar surface area (TPSA) is 15.3 Å². The van der Waals surface area contributed by atoms with Crippen LogP contribution in [-0.4, -0.2) is 31.6 Å². The molecule has 88 valence electrons. The van der Waals surface area contributed by atoms with Gasteiger partial charge in [0, 0.05) is 17.0 Å². The van der Waals surface area contributed by atoms with Crippen LogP contribution >= 0.6 is 11.3 Å². The first kappa shape index (κ1) is 10.8. The Morgan fingerprint density at radius 2 is 2.31 bits per heavy atom. The summed E-state index contributed by atoms with van der Waals surface area (Å²) in [7, 11) is 2.25. The average molecular weight is 236 g/mol. The minimum absolute atomic E-state index is 0.304. The van der Waals surface area contributed by atoms with E-state index in [0.717, 1.165) is 6.54 Å². The van der Waals surface area contributed by atoms with Gasteiger partial charge in [-0.2, -0.15) is 0 Å². The van der Waals surface area contributed by atoms with Gasteiger partial charge in [0.2, 0.25) is 0 Å². The number of hydrogen-bond acceptors (Lipinski definition) is 3. The molecule has 3 heteroatoms. The standard InChI is InChI=1S/C13H20N2S/c1-15-8-2-5-13(6-9-15)11-4-10-16-12(11)3-7-14-13/h4,10,14H,2-3,5-9H2,1H3. The molecule has 3 rings (SSSR count). The maximum atomic E-state index is 3.82. The fourth-order valence-electron chi connectivity index (χ4n) is 3.19. The Morgan fingerprint density at radius 1 is 1.38 bits per heavy atom. The molecule has 16 heavy (non-hydrogen) atoms. The van der Waals surface area contributed by atoms with Crippen molar-refractivity contribution in [1.82, 2.24) is 10.2 Å². The van der Waals surface area contributed by atoms with E-state index in [4.69, 9.17) is 0 Å². The summed E-state index contributed by atoms with van der Waals surface area (Å²) in [6, 6.07) is 2.36. The Kier molecular flexibility index (Phi) is 2.78. The summed E-state index contributed by atoms with van der Waals surface area (Å²) in [4.78, 5) is 4.10. The van der Waals surface area contributed by atoms with Crippen molar-refractivity contribution in [2.24, 2.45) is 0 Å². The van der Waals surface area contributed by atoms with Gasteiger partial charge in [0.05, 0.1) is 0 Å². The number of likely N-dealkylation sites (tertiary alicyclic amines) is 1. The minimum Gasteiger partial charge on any atom is -0.307 e. The molecule has 1 atom stereocenters. The Balaban J connectivity index is 1.94. The third-order valence-electron chi connectivity index (χ3n) is 4.14. The van der Waals surface area contributed by atoms with Gasteiger partial charge in [-0.25, -0.2) is 0 Å². The number of thiophene rings is 1. The minimum atomic E-state index is 0.304. The Labute approximate surface area is 102 Å². The van der Waals surface area contributed by atoms with Crippen LogP contribution in [0.15, 0.2) is 11.4 Å². The molecule has 0 aromatic carbocycles. The zero-order valence-electron chi connectivity index (χ0n) is 9.96. The van der Waals surface area contributed by atoms with Crippen molar-refractivity contribution in [3.8, 4) is 0 Å².